The third-order valence-corrected chi connectivity index (χ3v) is 4.69. The SMILES string of the molecule is Cc1nc(C(=O)NC(CN)C2CCCCC2)nn1-c1n[nH]c(C(F)(F)F)n1. The number of amides is 1. The van der Waals surface area contributed by atoms with E-state index in [0.29, 0.717) is 12.5 Å². The lowest BCUT2D eigenvalue weighted by Gasteiger charge is -2.29. The molecule has 1 aliphatic carbocycles. The van der Waals surface area contributed by atoms with Gasteiger partial charge in [0.2, 0.25) is 11.6 Å². The van der Waals surface area contributed by atoms with Crippen LogP contribution in [0.3, 0.4) is 0 Å². The summed E-state index contributed by atoms with van der Waals surface area (Å²) in [7, 11) is 0. The van der Waals surface area contributed by atoms with Crippen LogP contribution in [0.5, 0.6) is 0 Å². The minimum atomic E-state index is -4.66. The van der Waals surface area contributed by atoms with Crippen molar-refractivity contribution >= 4 is 5.91 Å². The number of carbonyl (C=O) groups excluding carboxylic acids is 1. The van der Waals surface area contributed by atoms with E-state index in [9.17, 15) is 18.0 Å². The molecule has 1 saturated carbocycles. The van der Waals surface area contributed by atoms with Gasteiger partial charge in [0.15, 0.2) is 0 Å². The minimum Gasteiger partial charge on any atom is -0.345 e. The summed E-state index contributed by atoms with van der Waals surface area (Å²) in [5.74, 6) is -1.79. The monoisotopic (exact) mass is 386 g/mol. The lowest BCUT2D eigenvalue weighted by atomic mass is 9.84. The Morgan fingerprint density at radius 3 is 2.63 bits per heavy atom. The topological polar surface area (TPSA) is 127 Å². The fraction of sp³-hybridized carbons (Fsp3) is 0.667. The van der Waals surface area contributed by atoms with Gasteiger partial charge in [-0.15, -0.1) is 10.2 Å². The quantitative estimate of drug-likeness (QED) is 0.712. The van der Waals surface area contributed by atoms with Gasteiger partial charge in [-0.25, -0.2) is 4.98 Å². The van der Waals surface area contributed by atoms with Crippen LogP contribution in [0.4, 0.5) is 13.2 Å². The van der Waals surface area contributed by atoms with Gasteiger partial charge in [0.1, 0.15) is 5.82 Å². The van der Waals surface area contributed by atoms with Crippen molar-refractivity contribution in [3.05, 3.63) is 17.5 Å². The second-order valence-electron chi connectivity index (χ2n) is 6.59. The standard InChI is InChI=1S/C15H21F3N8O/c1-8-20-11(12(27)21-10(7-19)9-5-3-2-4-6-9)25-26(8)14-22-13(23-24-14)15(16,17)18/h9-10H,2-7,19H2,1H3,(H,21,27)(H,22,23,24). The molecule has 0 saturated heterocycles. The Morgan fingerprint density at radius 1 is 1.33 bits per heavy atom. The number of alkyl halides is 3. The summed E-state index contributed by atoms with van der Waals surface area (Å²) in [6, 6.07) is -0.189. The number of nitrogens with one attached hydrogen (secondary N) is 2. The Kier molecular flexibility index (Phi) is 5.44. The molecule has 4 N–H and O–H groups in total. The van der Waals surface area contributed by atoms with Crippen LogP contribution in [-0.2, 0) is 6.18 Å². The molecular formula is C15H21F3N8O. The fourth-order valence-corrected chi connectivity index (χ4v) is 3.29. The molecule has 2 heterocycles. The van der Waals surface area contributed by atoms with Crippen LogP contribution in [0.2, 0.25) is 0 Å². The Hall–Kier alpha value is -2.50. The molecule has 0 aromatic carbocycles. The van der Waals surface area contributed by atoms with Crippen molar-refractivity contribution in [2.24, 2.45) is 11.7 Å². The second kappa shape index (κ2) is 7.62. The van der Waals surface area contributed by atoms with Gasteiger partial charge in [0, 0.05) is 12.6 Å². The van der Waals surface area contributed by atoms with E-state index in [1.165, 1.54) is 13.3 Å². The predicted molar refractivity (Wildman–Crippen MR) is 87.9 cm³/mol. The molecule has 2 aromatic rings. The average Bonchev–Trinajstić information content (AvgIpc) is 3.26. The first-order valence-corrected chi connectivity index (χ1v) is 8.74. The lowest BCUT2D eigenvalue weighted by molar-refractivity contribution is -0.144. The number of aromatic amines is 1. The maximum Gasteiger partial charge on any atom is 0.451 e. The zero-order valence-corrected chi connectivity index (χ0v) is 14.8. The van der Waals surface area contributed by atoms with Crippen molar-refractivity contribution in [2.45, 2.75) is 51.2 Å². The number of aryl methyl sites for hydroxylation is 1. The second-order valence-corrected chi connectivity index (χ2v) is 6.59. The molecule has 27 heavy (non-hydrogen) atoms. The zero-order valence-electron chi connectivity index (χ0n) is 14.8. The van der Waals surface area contributed by atoms with E-state index in [1.807, 2.05) is 0 Å². The van der Waals surface area contributed by atoms with Crippen molar-refractivity contribution < 1.29 is 18.0 Å². The molecule has 1 fully saturated rings. The van der Waals surface area contributed by atoms with Crippen LogP contribution >= 0.6 is 0 Å². The molecule has 148 valence electrons. The van der Waals surface area contributed by atoms with Gasteiger partial charge in [0.05, 0.1) is 0 Å². The van der Waals surface area contributed by atoms with Gasteiger partial charge < -0.3 is 11.1 Å². The Labute approximate surface area is 152 Å². The number of hydrogen-bond donors (Lipinski definition) is 3. The van der Waals surface area contributed by atoms with Gasteiger partial charge in [-0.3, -0.25) is 9.89 Å². The molecule has 1 amide bonds. The van der Waals surface area contributed by atoms with E-state index in [2.05, 4.69) is 25.5 Å². The van der Waals surface area contributed by atoms with Crippen LogP contribution < -0.4 is 11.1 Å². The molecule has 12 heteroatoms. The van der Waals surface area contributed by atoms with E-state index >= 15 is 0 Å². The molecule has 1 aliphatic rings. The van der Waals surface area contributed by atoms with Gasteiger partial charge in [0.25, 0.3) is 11.9 Å². The molecule has 9 nitrogen and oxygen atoms in total. The molecule has 2 aromatic heterocycles. The summed E-state index contributed by atoms with van der Waals surface area (Å²) in [6.07, 6.45) is 0.740. The van der Waals surface area contributed by atoms with E-state index in [4.69, 9.17) is 5.73 Å². The number of nitrogens with two attached hydrogens (primary N) is 1. The van der Waals surface area contributed by atoms with Crippen LogP contribution in [0.1, 0.15) is 54.4 Å². The number of H-pyrrole nitrogens is 1. The first-order chi connectivity index (χ1) is 12.8. The summed E-state index contributed by atoms with van der Waals surface area (Å²) >= 11 is 0. The van der Waals surface area contributed by atoms with E-state index in [0.717, 1.165) is 30.4 Å². The van der Waals surface area contributed by atoms with Crippen LogP contribution in [-0.4, -0.2) is 48.4 Å². The molecule has 1 unspecified atom stereocenters. The van der Waals surface area contributed by atoms with Crippen LogP contribution in [0.15, 0.2) is 0 Å². The molecule has 0 bridgehead atoms. The predicted octanol–water partition coefficient (Wildman–Crippen LogP) is 1.35. The van der Waals surface area contributed by atoms with Crippen molar-refractivity contribution in [3.8, 4) is 5.95 Å². The molecule has 0 spiro atoms. The molecule has 3 rings (SSSR count). The summed E-state index contributed by atoms with van der Waals surface area (Å²) in [5, 5.41) is 12.1. The summed E-state index contributed by atoms with van der Waals surface area (Å²) in [4.78, 5) is 19.9. The van der Waals surface area contributed by atoms with Gasteiger partial charge in [-0.05, 0) is 25.7 Å². The van der Waals surface area contributed by atoms with Crippen molar-refractivity contribution in [2.75, 3.05) is 6.54 Å². The number of aromatic nitrogens is 6. The summed E-state index contributed by atoms with van der Waals surface area (Å²) in [6.45, 7) is 1.79. The average molecular weight is 386 g/mol. The lowest BCUT2D eigenvalue weighted by Crippen LogP contribution is -2.46. The van der Waals surface area contributed by atoms with Gasteiger partial charge in [-0.2, -0.15) is 22.8 Å². The Balaban J connectivity index is 1.75. The highest BCUT2D eigenvalue weighted by Crippen LogP contribution is 2.27. The molecular weight excluding hydrogens is 365 g/mol. The van der Waals surface area contributed by atoms with Gasteiger partial charge in [-0.1, -0.05) is 19.3 Å². The van der Waals surface area contributed by atoms with E-state index < -0.39 is 17.9 Å². The summed E-state index contributed by atoms with van der Waals surface area (Å²) < 4.78 is 39.0. The van der Waals surface area contributed by atoms with Crippen LogP contribution in [0.25, 0.3) is 5.95 Å². The number of hydrogen-bond acceptors (Lipinski definition) is 6. The third-order valence-electron chi connectivity index (χ3n) is 4.69. The maximum absolute atomic E-state index is 12.7. The highest BCUT2D eigenvalue weighted by molar-refractivity contribution is 5.90. The zero-order chi connectivity index (χ0) is 19.6. The van der Waals surface area contributed by atoms with Crippen LogP contribution in [0, 0.1) is 12.8 Å². The van der Waals surface area contributed by atoms with Crippen molar-refractivity contribution in [3.63, 3.8) is 0 Å². The molecule has 0 radical (unpaired) electrons. The Morgan fingerprint density at radius 2 is 2.04 bits per heavy atom. The first-order valence-electron chi connectivity index (χ1n) is 8.74. The normalized spacial score (nSPS) is 17.1. The molecule has 1 atom stereocenters. The highest BCUT2D eigenvalue weighted by atomic mass is 19.4. The highest BCUT2D eigenvalue weighted by Gasteiger charge is 2.36. The van der Waals surface area contributed by atoms with Gasteiger partial charge >= 0.3 is 6.18 Å². The van der Waals surface area contributed by atoms with Crippen molar-refractivity contribution in [1.82, 2.24) is 35.3 Å². The van der Waals surface area contributed by atoms with E-state index in [-0.39, 0.29) is 23.6 Å². The molecule has 0 aliphatic heterocycles. The fourth-order valence-electron chi connectivity index (χ4n) is 3.29. The minimum absolute atomic E-state index is 0.167. The summed E-state index contributed by atoms with van der Waals surface area (Å²) in [5.41, 5.74) is 5.81. The van der Waals surface area contributed by atoms with E-state index in [1.54, 1.807) is 5.10 Å². The smallest absolute Gasteiger partial charge is 0.345 e. The largest absolute Gasteiger partial charge is 0.451 e. The number of halogens is 3. The van der Waals surface area contributed by atoms with Crippen molar-refractivity contribution in [1.29, 1.82) is 0 Å². The number of nitrogens with zero attached hydrogens (tertiary/aromatic N) is 5. The Bertz CT molecular complexity index is 793. The number of carbonyl (C=O) groups is 1. The number of rotatable bonds is 5. The first kappa shape index (κ1) is 19.3. The third kappa shape index (κ3) is 4.26. The maximum atomic E-state index is 12.7.